The molecule has 1 saturated heterocycles. The maximum atomic E-state index is 6.37. The highest BCUT2D eigenvalue weighted by Crippen LogP contribution is 2.39. The van der Waals surface area contributed by atoms with Crippen molar-refractivity contribution in [3.63, 3.8) is 0 Å². The van der Waals surface area contributed by atoms with Gasteiger partial charge in [0.25, 0.3) is 0 Å². The molecule has 0 spiro atoms. The maximum absolute atomic E-state index is 6.37. The Morgan fingerprint density at radius 2 is 1.74 bits per heavy atom. The molecular formula is C29H35N5O4. The van der Waals surface area contributed by atoms with Crippen LogP contribution in [0.15, 0.2) is 53.3 Å². The molecule has 0 bridgehead atoms. The van der Waals surface area contributed by atoms with Crippen LogP contribution in [-0.4, -0.2) is 78.4 Å². The fourth-order valence-electron chi connectivity index (χ4n) is 4.38. The van der Waals surface area contributed by atoms with Crippen molar-refractivity contribution in [2.75, 3.05) is 53.5 Å². The molecule has 5 rings (SSSR count). The minimum atomic E-state index is -0.149. The molecule has 9 nitrogen and oxygen atoms in total. The quantitative estimate of drug-likeness (QED) is 0.320. The van der Waals surface area contributed by atoms with E-state index in [0.717, 1.165) is 49.4 Å². The van der Waals surface area contributed by atoms with Crippen LogP contribution in [-0.2, 0) is 5.41 Å². The van der Waals surface area contributed by atoms with Gasteiger partial charge in [-0.15, -0.1) is 0 Å². The van der Waals surface area contributed by atoms with E-state index in [1.807, 2.05) is 42.5 Å². The summed E-state index contributed by atoms with van der Waals surface area (Å²) in [5, 5.41) is 5.03. The van der Waals surface area contributed by atoms with Gasteiger partial charge in [0.15, 0.2) is 11.5 Å². The van der Waals surface area contributed by atoms with Gasteiger partial charge in [0.05, 0.1) is 18.0 Å². The predicted octanol–water partition coefficient (Wildman–Crippen LogP) is 5.01. The molecule has 0 amide bonds. The van der Waals surface area contributed by atoms with Crippen LogP contribution in [0.5, 0.6) is 23.1 Å². The summed E-state index contributed by atoms with van der Waals surface area (Å²) >= 11 is 0. The smallest absolute Gasteiger partial charge is 0.230 e. The summed E-state index contributed by atoms with van der Waals surface area (Å²) in [4.78, 5) is 13.6. The van der Waals surface area contributed by atoms with Gasteiger partial charge in [0.2, 0.25) is 5.88 Å². The van der Waals surface area contributed by atoms with E-state index in [2.05, 4.69) is 52.7 Å². The molecule has 1 aliphatic rings. The lowest BCUT2D eigenvalue weighted by molar-refractivity contribution is 0.133. The van der Waals surface area contributed by atoms with Crippen LogP contribution in [0.25, 0.3) is 22.2 Å². The van der Waals surface area contributed by atoms with E-state index in [9.17, 15) is 0 Å². The van der Waals surface area contributed by atoms with E-state index in [1.165, 1.54) is 6.33 Å². The van der Waals surface area contributed by atoms with Crippen LogP contribution < -0.4 is 14.2 Å². The third-order valence-electron chi connectivity index (χ3n) is 6.76. The molecule has 38 heavy (non-hydrogen) atoms. The zero-order chi connectivity index (χ0) is 26.7. The first kappa shape index (κ1) is 25.9. The summed E-state index contributed by atoms with van der Waals surface area (Å²) in [6.45, 7) is 11.9. The molecule has 4 aromatic rings. The van der Waals surface area contributed by atoms with Gasteiger partial charge < -0.3 is 23.6 Å². The van der Waals surface area contributed by atoms with E-state index in [1.54, 1.807) is 7.11 Å². The van der Waals surface area contributed by atoms with Gasteiger partial charge in [-0.25, -0.2) is 9.97 Å². The predicted molar refractivity (Wildman–Crippen MR) is 146 cm³/mol. The average molecular weight is 518 g/mol. The molecule has 2 aromatic carbocycles. The van der Waals surface area contributed by atoms with E-state index in [4.69, 9.17) is 18.7 Å². The van der Waals surface area contributed by atoms with Gasteiger partial charge in [-0.2, -0.15) is 0 Å². The van der Waals surface area contributed by atoms with Crippen LogP contribution in [0.4, 0.5) is 0 Å². The molecule has 9 heteroatoms. The maximum Gasteiger partial charge on any atom is 0.230 e. The fraction of sp³-hybridized carbons (Fsp3) is 0.414. The average Bonchev–Trinajstić information content (AvgIpc) is 3.41. The monoisotopic (exact) mass is 517 g/mol. The first-order chi connectivity index (χ1) is 18.3. The van der Waals surface area contributed by atoms with Crippen molar-refractivity contribution in [1.82, 2.24) is 24.9 Å². The second kappa shape index (κ2) is 11.0. The fourth-order valence-corrected chi connectivity index (χ4v) is 4.38. The SMILES string of the molecule is COc1cc2ncnc(Oc3ccccc3-c3cc(C(C)(C)C)on3)c2cc1OCCN1CCN(C)CC1. The molecule has 0 aliphatic carbocycles. The summed E-state index contributed by atoms with van der Waals surface area (Å²) in [6, 6.07) is 13.4. The number of methoxy groups -OCH3 is 1. The first-order valence-electron chi connectivity index (χ1n) is 12.9. The Morgan fingerprint density at radius 3 is 2.47 bits per heavy atom. The van der Waals surface area contributed by atoms with Gasteiger partial charge in [-0.05, 0) is 25.2 Å². The lowest BCUT2D eigenvalue weighted by atomic mass is 9.93. The number of hydrogen-bond donors (Lipinski definition) is 0. The Hall–Kier alpha value is -3.69. The number of rotatable bonds is 8. The van der Waals surface area contributed by atoms with Gasteiger partial charge in [0.1, 0.15) is 30.1 Å². The second-order valence-electron chi connectivity index (χ2n) is 10.6. The van der Waals surface area contributed by atoms with Crippen LogP contribution >= 0.6 is 0 Å². The molecule has 0 N–H and O–H groups in total. The molecule has 2 aromatic heterocycles. The minimum absolute atomic E-state index is 0.149. The summed E-state index contributed by atoms with van der Waals surface area (Å²) in [6.07, 6.45) is 1.49. The zero-order valence-electron chi connectivity index (χ0n) is 22.7. The number of para-hydroxylation sites is 1. The van der Waals surface area contributed by atoms with Gasteiger partial charge >= 0.3 is 0 Å². The van der Waals surface area contributed by atoms with Crippen molar-refractivity contribution in [3.05, 3.63) is 54.6 Å². The second-order valence-corrected chi connectivity index (χ2v) is 10.6. The third kappa shape index (κ3) is 5.74. The van der Waals surface area contributed by atoms with Crippen LogP contribution in [0.1, 0.15) is 26.5 Å². The van der Waals surface area contributed by atoms with Gasteiger partial charge in [-0.1, -0.05) is 38.1 Å². The number of fused-ring (bicyclic) bond motifs is 1. The molecule has 0 radical (unpaired) electrons. The summed E-state index contributed by atoms with van der Waals surface area (Å²) < 4.78 is 23.8. The van der Waals surface area contributed by atoms with E-state index in [-0.39, 0.29) is 5.41 Å². The minimum Gasteiger partial charge on any atom is -0.493 e. The molecule has 0 saturated carbocycles. The molecule has 1 fully saturated rings. The lowest BCUT2D eigenvalue weighted by Crippen LogP contribution is -2.45. The Labute approximate surface area is 223 Å². The van der Waals surface area contributed by atoms with Gasteiger partial charge in [0, 0.05) is 55.8 Å². The van der Waals surface area contributed by atoms with Crippen molar-refractivity contribution < 1.29 is 18.7 Å². The van der Waals surface area contributed by atoms with Crippen molar-refractivity contribution >= 4 is 10.9 Å². The number of nitrogens with zero attached hydrogens (tertiary/aromatic N) is 5. The third-order valence-corrected chi connectivity index (χ3v) is 6.76. The van der Waals surface area contributed by atoms with Crippen LogP contribution in [0, 0.1) is 0 Å². The molecular weight excluding hydrogens is 482 g/mol. The highest BCUT2D eigenvalue weighted by Gasteiger charge is 2.22. The van der Waals surface area contributed by atoms with E-state index < -0.39 is 0 Å². The van der Waals surface area contributed by atoms with Gasteiger partial charge in [-0.3, -0.25) is 4.90 Å². The number of benzene rings is 2. The molecule has 0 unspecified atom stereocenters. The van der Waals surface area contributed by atoms with Crippen molar-refractivity contribution in [1.29, 1.82) is 0 Å². The summed E-state index contributed by atoms with van der Waals surface area (Å²) in [5.74, 6) is 3.11. The summed E-state index contributed by atoms with van der Waals surface area (Å²) in [5.41, 5.74) is 2.07. The lowest BCUT2D eigenvalue weighted by Gasteiger charge is -2.32. The highest BCUT2D eigenvalue weighted by atomic mass is 16.5. The topological polar surface area (TPSA) is 86.0 Å². The Balaban J connectivity index is 1.40. The number of likely N-dealkylation sites (N-methyl/N-ethyl adjacent to an activating group) is 1. The molecule has 1 aliphatic heterocycles. The van der Waals surface area contributed by atoms with Crippen LogP contribution in [0.3, 0.4) is 0 Å². The Morgan fingerprint density at radius 1 is 0.947 bits per heavy atom. The summed E-state index contributed by atoms with van der Waals surface area (Å²) in [7, 11) is 3.79. The van der Waals surface area contributed by atoms with Crippen molar-refractivity contribution in [2.24, 2.45) is 0 Å². The zero-order valence-corrected chi connectivity index (χ0v) is 22.7. The van der Waals surface area contributed by atoms with Crippen molar-refractivity contribution in [3.8, 4) is 34.4 Å². The highest BCUT2D eigenvalue weighted by molar-refractivity contribution is 5.87. The van der Waals surface area contributed by atoms with Crippen LogP contribution in [0.2, 0.25) is 0 Å². The number of hydrogen-bond acceptors (Lipinski definition) is 9. The Kier molecular flexibility index (Phi) is 7.49. The Bertz CT molecular complexity index is 1390. The number of piperazine rings is 1. The number of ether oxygens (including phenoxy) is 3. The normalized spacial score (nSPS) is 15.1. The van der Waals surface area contributed by atoms with E-state index in [0.29, 0.717) is 40.9 Å². The molecule has 0 atom stereocenters. The molecule has 200 valence electrons. The van der Waals surface area contributed by atoms with E-state index >= 15 is 0 Å². The van der Waals surface area contributed by atoms with Crippen molar-refractivity contribution in [2.45, 2.75) is 26.2 Å². The first-order valence-corrected chi connectivity index (χ1v) is 12.9. The number of aromatic nitrogens is 3. The largest absolute Gasteiger partial charge is 0.493 e. The standard InChI is InChI=1S/C29H35N5O4/c1-29(2,3)27-18-23(32-38-27)20-8-6-7-9-24(20)37-28-21-16-26(25(35-5)17-22(21)30-19-31-28)36-15-14-34-12-10-33(4)11-13-34/h6-9,16-19H,10-15H2,1-5H3. The molecule has 3 heterocycles.